The van der Waals surface area contributed by atoms with Gasteiger partial charge in [0.1, 0.15) is 6.17 Å². The molecule has 2 aliphatic heterocycles. The van der Waals surface area contributed by atoms with E-state index < -0.39 is 0 Å². The normalized spacial score (nSPS) is 20.0. The highest BCUT2D eigenvalue weighted by Crippen LogP contribution is 2.37. The number of carbonyl (C=O) groups is 3. The van der Waals surface area contributed by atoms with Crippen molar-refractivity contribution in [2.75, 3.05) is 24.8 Å². The minimum Gasteiger partial charge on any atom is -0.469 e. The van der Waals surface area contributed by atoms with Crippen molar-refractivity contribution in [2.45, 2.75) is 63.3 Å². The van der Waals surface area contributed by atoms with Crippen LogP contribution in [-0.4, -0.2) is 70.1 Å². The summed E-state index contributed by atoms with van der Waals surface area (Å²) in [5.41, 5.74) is 2.44. The van der Waals surface area contributed by atoms with E-state index in [0.717, 1.165) is 28.6 Å². The molecule has 9 nitrogen and oxygen atoms in total. The van der Waals surface area contributed by atoms with Gasteiger partial charge in [-0.15, -0.1) is 11.8 Å². The number of rotatable bonds is 10. The number of hydrogen-bond donors (Lipinski definition) is 1. The number of aryl methyl sites for hydroxylation is 1. The summed E-state index contributed by atoms with van der Waals surface area (Å²) >= 11 is 15.0. The predicted octanol–water partition coefficient (Wildman–Crippen LogP) is 6.58. The van der Waals surface area contributed by atoms with Crippen molar-refractivity contribution in [1.29, 1.82) is 0 Å². The molecule has 1 saturated carbocycles. The van der Waals surface area contributed by atoms with E-state index in [0.29, 0.717) is 58.5 Å². The van der Waals surface area contributed by atoms with Crippen molar-refractivity contribution in [3.63, 3.8) is 0 Å². The highest BCUT2D eigenvalue weighted by atomic mass is 35.5. The topological polar surface area (TPSA) is 93.1 Å². The first-order valence-electron chi connectivity index (χ1n) is 15.1. The van der Waals surface area contributed by atoms with Gasteiger partial charge in [0.05, 0.1) is 54.3 Å². The molecule has 3 aromatic rings. The van der Waals surface area contributed by atoms with Crippen molar-refractivity contribution in [3.8, 4) is 0 Å². The van der Waals surface area contributed by atoms with Crippen molar-refractivity contribution in [2.24, 2.45) is 7.05 Å². The number of aromatic nitrogens is 1. The molecule has 45 heavy (non-hydrogen) atoms. The number of benzene rings is 2. The number of carbonyl (C=O) groups excluding carboxylic acids is 3. The van der Waals surface area contributed by atoms with E-state index in [9.17, 15) is 14.4 Å². The number of allylic oxidation sites excluding steroid dienone is 1. The minimum absolute atomic E-state index is 0.0486. The van der Waals surface area contributed by atoms with Crippen LogP contribution in [0.1, 0.15) is 54.4 Å². The van der Waals surface area contributed by atoms with Gasteiger partial charge in [-0.3, -0.25) is 14.4 Å². The summed E-state index contributed by atoms with van der Waals surface area (Å²) in [6.45, 7) is 0.497. The number of nitrogens with one attached hydrogen (secondary N) is 1. The molecule has 0 bridgehead atoms. The summed E-state index contributed by atoms with van der Waals surface area (Å²) in [6.07, 6.45) is 8.87. The molecule has 3 aliphatic rings. The molecule has 6 rings (SSSR count). The van der Waals surface area contributed by atoms with Crippen LogP contribution in [0.4, 0.5) is 5.69 Å². The number of esters is 1. The van der Waals surface area contributed by atoms with E-state index >= 15 is 0 Å². The summed E-state index contributed by atoms with van der Waals surface area (Å²) < 4.78 is 13.0. The van der Waals surface area contributed by atoms with Crippen molar-refractivity contribution in [3.05, 3.63) is 74.9 Å². The number of likely N-dealkylation sites (tertiary alicyclic amines) is 1. The van der Waals surface area contributed by atoms with E-state index in [1.165, 1.54) is 13.5 Å². The van der Waals surface area contributed by atoms with Crippen molar-refractivity contribution < 1.29 is 23.9 Å². The third-order valence-electron chi connectivity index (χ3n) is 8.75. The first kappa shape index (κ1) is 31.8. The fraction of sp³-hybridized carbons (Fsp3) is 0.424. The number of halogens is 2. The summed E-state index contributed by atoms with van der Waals surface area (Å²) in [6, 6.07) is 10.9. The molecule has 0 radical (unpaired) electrons. The van der Waals surface area contributed by atoms with Crippen molar-refractivity contribution in [1.82, 2.24) is 14.4 Å². The zero-order valence-corrected chi connectivity index (χ0v) is 27.6. The molecule has 1 unspecified atom stereocenters. The lowest BCUT2D eigenvalue weighted by Gasteiger charge is -2.32. The number of thioether (sulfide) groups is 1. The highest BCUT2D eigenvalue weighted by molar-refractivity contribution is 8.03. The Morgan fingerprint density at radius 3 is 2.64 bits per heavy atom. The van der Waals surface area contributed by atoms with Gasteiger partial charge in [-0.1, -0.05) is 41.4 Å². The van der Waals surface area contributed by atoms with Crippen LogP contribution in [0, 0.1) is 0 Å². The molecule has 3 heterocycles. The third kappa shape index (κ3) is 6.99. The van der Waals surface area contributed by atoms with Crippen LogP contribution in [0.15, 0.2) is 53.7 Å². The lowest BCUT2D eigenvalue weighted by atomic mass is 9.96. The fourth-order valence-corrected chi connectivity index (χ4v) is 7.57. The Morgan fingerprint density at radius 2 is 1.89 bits per heavy atom. The average Bonchev–Trinajstić information content (AvgIpc) is 3.73. The van der Waals surface area contributed by atoms with Gasteiger partial charge in [-0.2, -0.15) is 0 Å². The molecule has 1 aliphatic carbocycles. The molecule has 12 heteroatoms. The van der Waals surface area contributed by atoms with Crippen LogP contribution in [0.5, 0.6) is 0 Å². The predicted molar refractivity (Wildman–Crippen MR) is 177 cm³/mol. The van der Waals surface area contributed by atoms with E-state index in [4.69, 9.17) is 32.7 Å². The zero-order valence-electron chi connectivity index (χ0n) is 25.3. The average molecular weight is 672 g/mol. The maximum atomic E-state index is 13.9. The summed E-state index contributed by atoms with van der Waals surface area (Å²) in [5.74, 6) is 0.0788. The molecular formula is C33H36Cl2N4O5S. The zero-order chi connectivity index (χ0) is 31.7. The highest BCUT2D eigenvalue weighted by Gasteiger charge is 2.41. The Balaban J connectivity index is 1.16. The third-order valence-corrected chi connectivity index (χ3v) is 10.5. The van der Waals surface area contributed by atoms with E-state index in [1.54, 1.807) is 30.1 Å². The SMILES string of the molecule is COC(=O)CCC1=CN(C2C[C@H](OC3CCC3)CN2C(=O)Cc2cc(Cl)c(NC(=O)c3cn(C)c4ccccc34)cc2Cl)CS1. The second kappa shape index (κ2) is 13.7. The van der Waals surface area contributed by atoms with Gasteiger partial charge in [0.15, 0.2) is 0 Å². The monoisotopic (exact) mass is 670 g/mol. The fourth-order valence-electron chi connectivity index (χ4n) is 6.09. The number of ether oxygens (including phenoxy) is 2. The Hall–Kier alpha value is -3.18. The largest absolute Gasteiger partial charge is 0.469 e. The maximum Gasteiger partial charge on any atom is 0.305 e. The first-order valence-corrected chi connectivity index (χ1v) is 16.9. The van der Waals surface area contributed by atoms with Crippen molar-refractivity contribution >= 4 is 69.3 Å². The molecule has 238 valence electrons. The van der Waals surface area contributed by atoms with Crippen LogP contribution in [0.2, 0.25) is 10.0 Å². The Kier molecular flexibility index (Phi) is 9.65. The molecule has 1 saturated heterocycles. The molecule has 2 fully saturated rings. The standard InChI is InChI=1S/C33H36Cl2N4O5S/c1-37-18-25(24-8-3-4-9-29(24)37)33(42)36-28-15-26(34)20(12-27(28)35)13-31(40)39-16-22(44-21-6-5-7-21)14-30(39)38-17-23(45-19-38)10-11-32(41)43-2/h3-4,8-9,12,15,17-18,21-22,30H,5-7,10-11,13-14,16,19H2,1-2H3,(H,36,42)/t22-,30?/m0/s1. The van der Waals surface area contributed by atoms with E-state index in [1.807, 2.05) is 40.8 Å². The second-order valence-corrected chi connectivity index (χ2v) is 13.6. The number of fused-ring (bicyclic) bond motifs is 1. The van der Waals surface area contributed by atoms with Crippen LogP contribution in [-0.2, 0) is 32.5 Å². The molecular weight excluding hydrogens is 635 g/mol. The molecule has 1 aromatic heterocycles. The smallest absolute Gasteiger partial charge is 0.305 e. The number of anilines is 1. The Bertz CT molecular complexity index is 1660. The second-order valence-electron chi connectivity index (χ2n) is 11.8. The van der Waals surface area contributed by atoms with E-state index in [-0.39, 0.29) is 42.6 Å². The Labute approximate surface area is 276 Å². The molecule has 0 spiro atoms. The van der Waals surface area contributed by atoms with Gasteiger partial charge in [0, 0.05) is 53.2 Å². The van der Waals surface area contributed by atoms with Gasteiger partial charge < -0.3 is 29.2 Å². The van der Waals surface area contributed by atoms with Gasteiger partial charge >= 0.3 is 5.97 Å². The van der Waals surface area contributed by atoms with Gasteiger partial charge in [-0.25, -0.2) is 0 Å². The number of hydrogen-bond acceptors (Lipinski definition) is 7. The van der Waals surface area contributed by atoms with Crippen LogP contribution >= 0.6 is 35.0 Å². The van der Waals surface area contributed by atoms with Crippen LogP contribution in [0.3, 0.4) is 0 Å². The Morgan fingerprint density at radius 1 is 1.09 bits per heavy atom. The number of amides is 2. The van der Waals surface area contributed by atoms with Gasteiger partial charge in [0.25, 0.3) is 5.91 Å². The summed E-state index contributed by atoms with van der Waals surface area (Å²) in [4.78, 5) is 43.9. The summed E-state index contributed by atoms with van der Waals surface area (Å²) in [7, 11) is 3.29. The minimum atomic E-state index is -0.298. The molecule has 1 N–H and O–H groups in total. The van der Waals surface area contributed by atoms with Crippen LogP contribution < -0.4 is 5.32 Å². The molecule has 2 amide bonds. The van der Waals surface area contributed by atoms with Gasteiger partial charge in [0.2, 0.25) is 5.91 Å². The lowest BCUT2D eigenvalue weighted by Crippen LogP contribution is -2.45. The first-order chi connectivity index (χ1) is 21.7. The molecule has 2 aromatic carbocycles. The van der Waals surface area contributed by atoms with Crippen LogP contribution in [0.25, 0.3) is 10.9 Å². The lowest BCUT2D eigenvalue weighted by molar-refractivity contribution is -0.140. The molecule has 2 atom stereocenters. The summed E-state index contributed by atoms with van der Waals surface area (Å²) in [5, 5.41) is 4.37. The number of para-hydroxylation sites is 1. The number of methoxy groups -OCH3 is 1. The van der Waals surface area contributed by atoms with Gasteiger partial charge in [-0.05, 0) is 49.4 Å². The maximum absolute atomic E-state index is 13.9. The quantitative estimate of drug-likeness (QED) is 0.244. The van der Waals surface area contributed by atoms with E-state index in [2.05, 4.69) is 16.4 Å². The number of nitrogens with zero attached hydrogens (tertiary/aromatic N) is 3.